The fraction of sp³-hybridized carbons (Fsp3) is 0.583. The van der Waals surface area contributed by atoms with Crippen LogP contribution in [0.3, 0.4) is 0 Å². The van der Waals surface area contributed by atoms with E-state index in [1.165, 1.54) is 20.5 Å². The van der Waals surface area contributed by atoms with Crippen LogP contribution in [0.4, 0.5) is 0 Å². The third-order valence-corrected chi connectivity index (χ3v) is 5.77. The summed E-state index contributed by atoms with van der Waals surface area (Å²) in [7, 11) is -3.45. The Hall–Kier alpha value is -1.52. The molecule has 1 aliphatic heterocycles. The Labute approximate surface area is 133 Å². The molecule has 1 saturated heterocycles. The smallest absolute Gasteiger partial charge is 0.265 e. The number of nitrogens with two attached hydrogens (primary N) is 1. The van der Waals surface area contributed by atoms with Crippen LogP contribution in [0.25, 0.3) is 0 Å². The van der Waals surface area contributed by atoms with Crippen molar-refractivity contribution in [3.8, 4) is 0 Å². The molecule has 10 heteroatoms. The highest BCUT2D eigenvalue weighted by Gasteiger charge is 2.33. The fourth-order valence-electron chi connectivity index (χ4n) is 2.30. The van der Waals surface area contributed by atoms with Gasteiger partial charge in [0.15, 0.2) is 0 Å². The first-order valence-electron chi connectivity index (χ1n) is 6.64. The maximum absolute atomic E-state index is 12.5. The zero-order chi connectivity index (χ0) is 16.5. The summed E-state index contributed by atoms with van der Waals surface area (Å²) in [6.07, 6.45) is 1.08. The highest BCUT2D eigenvalue weighted by atomic mass is 32.2. The Balaban J connectivity index is 2.25. The topological polar surface area (TPSA) is 114 Å². The lowest BCUT2D eigenvalue weighted by Gasteiger charge is -2.22. The molecule has 0 bridgehead atoms. The molecule has 1 aromatic heterocycles. The van der Waals surface area contributed by atoms with E-state index in [1.54, 1.807) is 12.4 Å². The molecule has 1 fully saturated rings. The molecule has 0 radical (unpaired) electrons. The monoisotopic (exact) mass is 346 g/mol. The molecule has 22 heavy (non-hydrogen) atoms. The molecule has 2 rings (SSSR count). The van der Waals surface area contributed by atoms with Crippen molar-refractivity contribution < 1.29 is 18.0 Å². The lowest BCUT2D eigenvalue weighted by Crippen LogP contribution is -2.41. The van der Waals surface area contributed by atoms with Crippen LogP contribution in [0.5, 0.6) is 0 Å². The van der Waals surface area contributed by atoms with Crippen LogP contribution in [-0.2, 0) is 14.8 Å². The van der Waals surface area contributed by atoms with Gasteiger partial charge in [-0.1, -0.05) is 0 Å². The van der Waals surface area contributed by atoms with Gasteiger partial charge in [-0.3, -0.25) is 9.59 Å². The zero-order valence-electron chi connectivity index (χ0n) is 12.4. The summed E-state index contributed by atoms with van der Waals surface area (Å²) in [5, 5.41) is 0. The van der Waals surface area contributed by atoms with Crippen LogP contribution in [0.1, 0.15) is 15.4 Å². The second kappa shape index (κ2) is 6.31. The number of hydrogen-bond donors (Lipinski definition) is 1. The van der Waals surface area contributed by atoms with Crippen LogP contribution < -0.4 is 5.73 Å². The average Bonchev–Trinajstić information content (AvgIpc) is 2.71. The van der Waals surface area contributed by atoms with Crippen molar-refractivity contribution in [2.45, 2.75) is 6.92 Å². The molecule has 1 aliphatic rings. The van der Waals surface area contributed by atoms with Crippen LogP contribution in [0, 0.1) is 12.8 Å². The standard InChI is InChI=1S/C12H18N4O4S2/c1-8-10(21-7-14-8)12(18)15-3-4-16(22(2,19)20)6-9(5-15)11(13)17/h7,9H,3-6H2,1-2H3,(H2,13,17)/t9-/m1/s1. The summed E-state index contributed by atoms with van der Waals surface area (Å²) in [6.45, 7) is 2.20. The minimum atomic E-state index is -3.45. The van der Waals surface area contributed by atoms with E-state index in [0.717, 1.165) is 6.26 Å². The zero-order valence-corrected chi connectivity index (χ0v) is 14.0. The normalized spacial score (nSPS) is 20.6. The SMILES string of the molecule is Cc1ncsc1C(=O)N1CCN(S(C)(=O)=O)C[C@H](C(N)=O)C1. The van der Waals surface area contributed by atoms with E-state index >= 15 is 0 Å². The van der Waals surface area contributed by atoms with Gasteiger partial charge < -0.3 is 10.6 Å². The lowest BCUT2D eigenvalue weighted by molar-refractivity contribution is -0.122. The maximum Gasteiger partial charge on any atom is 0.265 e. The molecule has 0 aliphatic carbocycles. The first-order valence-corrected chi connectivity index (χ1v) is 9.36. The molecular weight excluding hydrogens is 328 g/mol. The van der Waals surface area contributed by atoms with Gasteiger partial charge in [-0.05, 0) is 6.92 Å². The third-order valence-electron chi connectivity index (χ3n) is 3.58. The van der Waals surface area contributed by atoms with Crippen molar-refractivity contribution in [1.82, 2.24) is 14.2 Å². The second-order valence-corrected chi connectivity index (χ2v) is 8.08. The highest BCUT2D eigenvalue weighted by Crippen LogP contribution is 2.19. The number of sulfonamides is 1. The van der Waals surface area contributed by atoms with Crippen molar-refractivity contribution in [3.63, 3.8) is 0 Å². The summed E-state index contributed by atoms with van der Waals surface area (Å²) in [6, 6.07) is 0. The number of aromatic nitrogens is 1. The Kier molecular flexibility index (Phi) is 4.83. The van der Waals surface area contributed by atoms with Crippen molar-refractivity contribution in [3.05, 3.63) is 16.1 Å². The number of amides is 2. The molecule has 0 spiro atoms. The van der Waals surface area contributed by atoms with E-state index in [0.29, 0.717) is 10.6 Å². The summed E-state index contributed by atoms with van der Waals surface area (Å²) in [5.74, 6) is -1.59. The average molecular weight is 346 g/mol. The third kappa shape index (κ3) is 3.62. The largest absolute Gasteiger partial charge is 0.369 e. The van der Waals surface area contributed by atoms with E-state index in [-0.39, 0.29) is 32.1 Å². The molecule has 2 amide bonds. The molecule has 0 unspecified atom stereocenters. The van der Waals surface area contributed by atoms with Gasteiger partial charge in [0.1, 0.15) is 4.88 Å². The van der Waals surface area contributed by atoms with E-state index in [9.17, 15) is 18.0 Å². The predicted molar refractivity (Wildman–Crippen MR) is 81.9 cm³/mol. The van der Waals surface area contributed by atoms with E-state index in [4.69, 9.17) is 5.73 Å². The predicted octanol–water partition coefficient (Wildman–Crippen LogP) is -0.730. The number of carbonyl (C=O) groups is 2. The van der Waals surface area contributed by atoms with Crippen LogP contribution in [0.2, 0.25) is 0 Å². The van der Waals surface area contributed by atoms with Gasteiger partial charge in [-0.25, -0.2) is 13.4 Å². The summed E-state index contributed by atoms with van der Waals surface area (Å²) >= 11 is 1.22. The first kappa shape index (κ1) is 16.8. The number of hydrogen-bond acceptors (Lipinski definition) is 6. The van der Waals surface area contributed by atoms with Gasteiger partial charge in [-0.15, -0.1) is 11.3 Å². The molecule has 2 heterocycles. The van der Waals surface area contributed by atoms with Crippen LogP contribution in [0.15, 0.2) is 5.51 Å². The number of rotatable bonds is 3. The molecule has 1 atom stereocenters. The van der Waals surface area contributed by atoms with Crippen molar-refractivity contribution in [1.29, 1.82) is 0 Å². The summed E-state index contributed by atoms with van der Waals surface area (Å²) in [5.41, 5.74) is 7.54. The van der Waals surface area contributed by atoms with E-state index in [1.807, 2.05) is 0 Å². The van der Waals surface area contributed by atoms with Crippen molar-refractivity contribution >= 4 is 33.2 Å². The summed E-state index contributed by atoms with van der Waals surface area (Å²) < 4.78 is 24.6. The van der Waals surface area contributed by atoms with Crippen molar-refractivity contribution in [2.75, 3.05) is 32.4 Å². The van der Waals surface area contributed by atoms with Gasteiger partial charge in [0.2, 0.25) is 15.9 Å². The molecule has 8 nitrogen and oxygen atoms in total. The molecule has 2 N–H and O–H groups in total. The molecular formula is C12H18N4O4S2. The van der Waals surface area contributed by atoms with Gasteiger partial charge in [-0.2, -0.15) is 4.31 Å². The van der Waals surface area contributed by atoms with Gasteiger partial charge in [0.25, 0.3) is 5.91 Å². The minimum absolute atomic E-state index is 0.000378. The number of nitrogens with zero attached hydrogens (tertiary/aromatic N) is 3. The lowest BCUT2D eigenvalue weighted by atomic mass is 10.1. The Bertz CT molecular complexity index is 685. The van der Waals surface area contributed by atoms with Crippen LogP contribution >= 0.6 is 11.3 Å². The number of primary amides is 1. The molecule has 122 valence electrons. The number of thiazole rings is 1. The Morgan fingerprint density at radius 2 is 2.05 bits per heavy atom. The molecule has 0 saturated carbocycles. The fourth-order valence-corrected chi connectivity index (χ4v) is 3.93. The van der Waals surface area contributed by atoms with Gasteiger partial charge in [0.05, 0.1) is 23.4 Å². The quantitative estimate of drug-likeness (QED) is 0.775. The van der Waals surface area contributed by atoms with E-state index < -0.39 is 21.8 Å². The van der Waals surface area contributed by atoms with Crippen molar-refractivity contribution in [2.24, 2.45) is 11.7 Å². The second-order valence-electron chi connectivity index (χ2n) is 5.24. The minimum Gasteiger partial charge on any atom is -0.369 e. The van der Waals surface area contributed by atoms with Crippen LogP contribution in [-0.4, -0.2) is 66.9 Å². The molecule has 0 aromatic carbocycles. The number of aryl methyl sites for hydroxylation is 1. The summed E-state index contributed by atoms with van der Waals surface area (Å²) in [4.78, 5) is 30.1. The van der Waals surface area contributed by atoms with Gasteiger partial charge >= 0.3 is 0 Å². The molecule has 1 aromatic rings. The van der Waals surface area contributed by atoms with E-state index in [2.05, 4.69) is 4.98 Å². The van der Waals surface area contributed by atoms with Gasteiger partial charge in [0, 0.05) is 26.2 Å². The first-order chi connectivity index (χ1) is 10.2. The Morgan fingerprint density at radius 3 is 2.55 bits per heavy atom. The number of carbonyl (C=O) groups excluding carboxylic acids is 2. The highest BCUT2D eigenvalue weighted by molar-refractivity contribution is 7.88. The maximum atomic E-state index is 12.5. The Morgan fingerprint density at radius 1 is 1.36 bits per heavy atom.